The third-order valence-corrected chi connectivity index (χ3v) is 13.4. The highest BCUT2D eigenvalue weighted by Crippen LogP contribution is 2.35. The highest BCUT2D eigenvalue weighted by molar-refractivity contribution is 6.36. The molecule has 81 heavy (non-hydrogen) atoms. The van der Waals surface area contributed by atoms with Crippen molar-refractivity contribution in [1.82, 2.24) is 29.7 Å². The number of aryl methyl sites for hydroxylation is 6. The maximum atomic E-state index is 12.6. The number of aliphatic hydroxyl groups excluding tert-OH is 1. The minimum absolute atomic E-state index is 0.0326. The standard InChI is InChI=1S/C30H31ClN6O.C17H19ClN4O.C13H13ClN2.C3H8O/c1-20-15-28-25(17-27(20)36-29(38)8-6-14-37(2)3)30(22(18-32)19-34-28)35-24-12-10-21(26(31)16-24)9-11-23-7-4-5-13-33-23;1-11-7-15-13(17(18)12(9-19)10-20-15)8-14(11)21-16(23)5-4-6-22(2)3;14-13-9-11(15)6-4-10(13)5-7-12-3-1-2-8-16-12;1-3(2)4/h4-5,7,10,12-13,15-17,19H,6,8-9,11,14H2,1-3H3,(H,34,35)(H,36,38);7-8,10H,4-6H2,1-3H3,(H,21,23);1-4,6,8-9H,5,7,15H2;3-4H,1-2H3. The minimum atomic E-state index is -0.167. The summed E-state index contributed by atoms with van der Waals surface area (Å²) in [6.45, 7) is 9.00. The van der Waals surface area contributed by atoms with Gasteiger partial charge >= 0.3 is 0 Å². The van der Waals surface area contributed by atoms with Gasteiger partial charge in [0.1, 0.15) is 12.1 Å². The second-order valence-electron chi connectivity index (χ2n) is 20.1. The van der Waals surface area contributed by atoms with E-state index in [0.717, 1.165) is 107 Å². The number of nitrogens with two attached hydrogens (primary N) is 1. The van der Waals surface area contributed by atoms with Gasteiger partial charge in [0, 0.05) is 98.7 Å². The molecule has 6 N–H and O–H groups in total. The molecule has 0 aliphatic heterocycles. The molecular formula is C63H71Cl3N12O3. The third-order valence-electron chi connectivity index (χ3n) is 12.3. The normalized spacial score (nSPS) is 10.7. The number of fused-ring (bicyclic) bond motifs is 2. The van der Waals surface area contributed by atoms with Crippen molar-refractivity contribution in [1.29, 1.82) is 10.5 Å². The maximum Gasteiger partial charge on any atom is 0.224 e. The van der Waals surface area contributed by atoms with Crippen molar-refractivity contribution in [2.45, 2.75) is 85.2 Å². The van der Waals surface area contributed by atoms with Crippen LogP contribution in [0.25, 0.3) is 21.8 Å². The first kappa shape index (κ1) is 64.1. The molecule has 0 bridgehead atoms. The van der Waals surface area contributed by atoms with E-state index in [2.05, 4.69) is 46.9 Å². The Labute approximate surface area is 491 Å². The number of anilines is 5. The summed E-state index contributed by atoms with van der Waals surface area (Å²) in [5, 5.41) is 39.4. The topological polar surface area (TPSA) is 222 Å². The van der Waals surface area contributed by atoms with Crippen LogP contribution in [0.1, 0.15) is 84.3 Å². The summed E-state index contributed by atoms with van der Waals surface area (Å²) in [5.41, 5.74) is 17.3. The van der Waals surface area contributed by atoms with Crippen LogP contribution in [0.3, 0.4) is 0 Å². The van der Waals surface area contributed by atoms with Crippen LogP contribution in [0.5, 0.6) is 0 Å². The average Bonchev–Trinajstić information content (AvgIpc) is 3.43. The fourth-order valence-corrected chi connectivity index (χ4v) is 8.92. The van der Waals surface area contributed by atoms with Crippen molar-refractivity contribution >= 4 is 96.9 Å². The van der Waals surface area contributed by atoms with Gasteiger partial charge < -0.3 is 36.6 Å². The third kappa shape index (κ3) is 21.0. The minimum Gasteiger partial charge on any atom is -0.399 e. The van der Waals surface area contributed by atoms with Crippen LogP contribution >= 0.6 is 34.8 Å². The quantitative estimate of drug-likeness (QED) is 0.0505. The second-order valence-corrected chi connectivity index (χ2v) is 21.2. The molecular weight excluding hydrogens is 1080 g/mol. The summed E-state index contributed by atoms with van der Waals surface area (Å²) >= 11 is 19.0. The van der Waals surface area contributed by atoms with Crippen LogP contribution in [0.15, 0.2) is 122 Å². The Kier molecular flexibility index (Phi) is 25.7. The second kappa shape index (κ2) is 32.5. The van der Waals surface area contributed by atoms with E-state index in [4.69, 9.17) is 50.9 Å². The van der Waals surface area contributed by atoms with E-state index in [0.29, 0.717) is 67.7 Å². The number of rotatable bonds is 18. The summed E-state index contributed by atoms with van der Waals surface area (Å²) in [5.74, 6) is -0.0731. The number of amides is 2. The molecule has 422 valence electrons. The fraction of sp³-hybridized carbons (Fsp3) is 0.302. The molecule has 4 heterocycles. The Bertz CT molecular complexity index is 3460. The van der Waals surface area contributed by atoms with Gasteiger partial charge in [0.25, 0.3) is 0 Å². The molecule has 0 unspecified atom stereocenters. The van der Waals surface area contributed by atoms with Gasteiger partial charge in [-0.1, -0.05) is 59.1 Å². The van der Waals surface area contributed by atoms with Crippen LogP contribution < -0.4 is 21.7 Å². The number of aliphatic hydroxyl groups is 1. The molecule has 4 aromatic carbocycles. The lowest BCUT2D eigenvalue weighted by molar-refractivity contribution is -0.117. The van der Waals surface area contributed by atoms with Gasteiger partial charge in [-0.25, -0.2) is 0 Å². The number of hydrogen-bond acceptors (Lipinski definition) is 13. The molecule has 2 amide bonds. The largest absolute Gasteiger partial charge is 0.399 e. The van der Waals surface area contributed by atoms with Gasteiger partial charge in [-0.05, 0) is 203 Å². The van der Waals surface area contributed by atoms with Gasteiger partial charge in [-0.15, -0.1) is 0 Å². The molecule has 0 radical (unpaired) electrons. The van der Waals surface area contributed by atoms with E-state index in [9.17, 15) is 14.9 Å². The van der Waals surface area contributed by atoms with Crippen molar-refractivity contribution in [2.75, 3.05) is 63.0 Å². The summed E-state index contributed by atoms with van der Waals surface area (Å²) < 4.78 is 0. The zero-order valence-corrected chi connectivity index (χ0v) is 49.5. The zero-order chi connectivity index (χ0) is 59.0. The number of benzene rings is 4. The maximum absolute atomic E-state index is 12.6. The van der Waals surface area contributed by atoms with E-state index < -0.39 is 0 Å². The van der Waals surface area contributed by atoms with Gasteiger partial charge in [0.05, 0.1) is 32.9 Å². The summed E-state index contributed by atoms with van der Waals surface area (Å²) in [7, 11) is 7.94. The molecule has 0 atom stereocenters. The van der Waals surface area contributed by atoms with E-state index in [1.807, 2.05) is 138 Å². The summed E-state index contributed by atoms with van der Waals surface area (Å²) in [6, 6.07) is 34.9. The molecule has 0 aliphatic rings. The Morgan fingerprint density at radius 3 is 1.56 bits per heavy atom. The number of hydrogen-bond donors (Lipinski definition) is 5. The number of aromatic nitrogens is 4. The van der Waals surface area contributed by atoms with Crippen LogP contribution in [-0.4, -0.2) is 94.0 Å². The van der Waals surface area contributed by atoms with Crippen molar-refractivity contribution < 1.29 is 14.7 Å². The Morgan fingerprint density at radius 1 is 0.630 bits per heavy atom. The molecule has 0 spiro atoms. The van der Waals surface area contributed by atoms with Gasteiger partial charge in [-0.3, -0.25) is 29.5 Å². The first-order valence-corrected chi connectivity index (χ1v) is 27.7. The van der Waals surface area contributed by atoms with Crippen molar-refractivity contribution in [3.05, 3.63) is 182 Å². The van der Waals surface area contributed by atoms with Gasteiger partial charge in [0.15, 0.2) is 0 Å². The SMILES string of the molecule is CC(C)O.Cc1cc2ncc(C#N)c(Cl)c2cc1NC(=O)CCCN(C)C.Cc1cc2ncc(C#N)c(Nc3ccc(CCc4ccccn4)c(Cl)c3)c2cc1NC(=O)CCCN(C)C.Nc1ccc(CCc2ccccn2)c(Cl)c1. The predicted octanol–water partition coefficient (Wildman–Crippen LogP) is 13.1. The first-order chi connectivity index (χ1) is 38.7. The number of nitrogen functional groups attached to an aromatic ring is 1. The molecule has 8 aromatic rings. The van der Waals surface area contributed by atoms with Gasteiger partial charge in [0.2, 0.25) is 11.8 Å². The highest BCUT2D eigenvalue weighted by atomic mass is 35.5. The number of halogens is 3. The molecule has 0 fully saturated rings. The average molecular weight is 1150 g/mol. The van der Waals surface area contributed by atoms with Crippen LogP contribution in [0, 0.1) is 36.5 Å². The Balaban J connectivity index is 0.000000236. The van der Waals surface area contributed by atoms with E-state index in [-0.39, 0.29) is 17.9 Å². The van der Waals surface area contributed by atoms with E-state index >= 15 is 0 Å². The van der Waals surface area contributed by atoms with Crippen LogP contribution in [-0.2, 0) is 35.3 Å². The van der Waals surface area contributed by atoms with Gasteiger partial charge in [-0.2, -0.15) is 10.5 Å². The predicted molar refractivity (Wildman–Crippen MR) is 331 cm³/mol. The molecule has 18 heteroatoms. The zero-order valence-electron chi connectivity index (χ0n) is 47.2. The molecule has 8 rings (SSSR count). The van der Waals surface area contributed by atoms with E-state index in [1.165, 1.54) is 6.20 Å². The molecule has 4 aromatic heterocycles. The Morgan fingerprint density at radius 2 is 1.10 bits per heavy atom. The van der Waals surface area contributed by atoms with Crippen molar-refractivity contribution in [3.8, 4) is 12.1 Å². The van der Waals surface area contributed by atoms with Crippen molar-refractivity contribution in [3.63, 3.8) is 0 Å². The molecule has 0 aliphatic carbocycles. The number of nitrogens with one attached hydrogen (secondary N) is 3. The lowest BCUT2D eigenvalue weighted by Gasteiger charge is -2.16. The van der Waals surface area contributed by atoms with E-state index in [1.54, 1.807) is 44.6 Å². The van der Waals surface area contributed by atoms with Crippen LogP contribution in [0.2, 0.25) is 15.1 Å². The summed E-state index contributed by atoms with van der Waals surface area (Å²) in [4.78, 5) is 46.1. The number of nitrogens with zero attached hydrogens (tertiary/aromatic N) is 8. The number of pyridine rings is 4. The monoisotopic (exact) mass is 1150 g/mol. The Hall–Kier alpha value is -7.73. The highest BCUT2D eigenvalue weighted by Gasteiger charge is 2.16. The lowest BCUT2D eigenvalue weighted by atomic mass is 10.0. The number of nitriles is 2. The molecule has 0 saturated heterocycles. The van der Waals surface area contributed by atoms with Crippen molar-refractivity contribution in [2.24, 2.45) is 0 Å². The summed E-state index contributed by atoms with van der Waals surface area (Å²) in [6.07, 6.45) is 12.3. The number of carbonyl (C=O) groups excluding carboxylic acids is 2. The number of carbonyl (C=O) groups is 2. The lowest BCUT2D eigenvalue weighted by Crippen LogP contribution is -2.17. The molecule has 0 saturated carbocycles. The first-order valence-electron chi connectivity index (χ1n) is 26.5. The van der Waals surface area contributed by atoms with Crippen LogP contribution in [0.4, 0.5) is 28.4 Å². The smallest absolute Gasteiger partial charge is 0.224 e. The molecule has 15 nitrogen and oxygen atoms in total. The fourth-order valence-electron chi connectivity index (χ4n) is 8.11.